The molecule has 1 aromatic heterocycles. The number of hydrogen-bond acceptors (Lipinski definition) is 3. The zero-order chi connectivity index (χ0) is 9.80. The Morgan fingerprint density at radius 3 is 2.43 bits per heavy atom. The van der Waals surface area contributed by atoms with Gasteiger partial charge in [0.25, 0.3) is 0 Å². The lowest BCUT2D eigenvalue weighted by molar-refractivity contribution is 0.462. The molecule has 2 aromatic rings. The zero-order valence-corrected chi connectivity index (χ0v) is 8.10. The number of aromatic nitrogens is 2. The van der Waals surface area contributed by atoms with Crippen LogP contribution in [0.3, 0.4) is 0 Å². The van der Waals surface area contributed by atoms with Gasteiger partial charge in [-0.1, -0.05) is 37.3 Å². The van der Waals surface area contributed by atoms with Crippen LogP contribution in [-0.2, 0) is 12.8 Å². The van der Waals surface area contributed by atoms with Crippen molar-refractivity contribution in [1.29, 1.82) is 0 Å². The molecule has 0 atom stereocenters. The Labute approximate surface area is 82.8 Å². The summed E-state index contributed by atoms with van der Waals surface area (Å²) in [5.74, 6) is 1.39. The predicted octanol–water partition coefficient (Wildman–Crippen LogP) is 2.22. The molecule has 0 fully saturated rings. The van der Waals surface area contributed by atoms with E-state index in [0.717, 1.165) is 6.42 Å². The van der Waals surface area contributed by atoms with E-state index >= 15 is 0 Å². The molecule has 0 bridgehead atoms. The molecule has 0 spiro atoms. The lowest BCUT2D eigenvalue weighted by atomic mass is 10.2. The minimum absolute atomic E-state index is 0.688. The topological polar surface area (TPSA) is 38.9 Å². The molecule has 0 radical (unpaired) electrons. The van der Waals surface area contributed by atoms with Gasteiger partial charge in [0, 0.05) is 6.42 Å². The molecule has 0 aliphatic heterocycles. The Kier molecular flexibility index (Phi) is 2.58. The molecule has 0 saturated heterocycles. The van der Waals surface area contributed by atoms with E-state index in [2.05, 4.69) is 22.3 Å². The van der Waals surface area contributed by atoms with E-state index in [1.807, 2.05) is 25.1 Å². The molecule has 0 saturated carbocycles. The van der Waals surface area contributed by atoms with Gasteiger partial charge >= 0.3 is 0 Å². The van der Waals surface area contributed by atoms with Crippen molar-refractivity contribution in [2.45, 2.75) is 19.8 Å². The first-order valence-electron chi connectivity index (χ1n) is 4.73. The Hall–Kier alpha value is -1.64. The fourth-order valence-corrected chi connectivity index (χ4v) is 1.27. The van der Waals surface area contributed by atoms with Crippen LogP contribution in [0.5, 0.6) is 0 Å². The van der Waals surface area contributed by atoms with Crippen LogP contribution in [0.1, 0.15) is 24.3 Å². The third-order valence-electron chi connectivity index (χ3n) is 2.01. The number of nitrogens with zero attached hydrogens (tertiary/aromatic N) is 2. The van der Waals surface area contributed by atoms with E-state index in [1.165, 1.54) is 5.56 Å². The second-order valence-electron chi connectivity index (χ2n) is 3.11. The van der Waals surface area contributed by atoms with Gasteiger partial charge in [-0.25, -0.2) is 0 Å². The van der Waals surface area contributed by atoms with E-state index in [-0.39, 0.29) is 0 Å². The molecular formula is C11H12N2O. The zero-order valence-electron chi connectivity index (χ0n) is 8.10. The fourth-order valence-electron chi connectivity index (χ4n) is 1.27. The SMILES string of the molecule is CCc1nnc(Cc2ccccc2)o1. The van der Waals surface area contributed by atoms with Crippen LogP contribution in [0, 0.1) is 0 Å². The highest BCUT2D eigenvalue weighted by Crippen LogP contribution is 2.08. The first-order valence-corrected chi connectivity index (χ1v) is 4.73. The molecular weight excluding hydrogens is 176 g/mol. The standard InChI is InChI=1S/C11H12N2O/c1-2-10-12-13-11(14-10)8-9-6-4-3-5-7-9/h3-7H,2,8H2,1H3. The first-order chi connectivity index (χ1) is 6.88. The maximum Gasteiger partial charge on any atom is 0.220 e. The Morgan fingerprint density at radius 1 is 1.07 bits per heavy atom. The number of aryl methyl sites for hydroxylation is 1. The molecule has 0 aliphatic rings. The summed E-state index contributed by atoms with van der Waals surface area (Å²) in [5.41, 5.74) is 1.19. The number of hydrogen-bond donors (Lipinski definition) is 0. The number of benzene rings is 1. The van der Waals surface area contributed by atoms with Crippen molar-refractivity contribution >= 4 is 0 Å². The Morgan fingerprint density at radius 2 is 1.79 bits per heavy atom. The summed E-state index contributed by atoms with van der Waals surface area (Å²) in [6.45, 7) is 2.00. The van der Waals surface area contributed by atoms with Crippen molar-refractivity contribution in [1.82, 2.24) is 10.2 Å². The average Bonchev–Trinajstić information content (AvgIpc) is 2.67. The Bertz CT molecular complexity index is 395. The van der Waals surface area contributed by atoms with Crippen molar-refractivity contribution in [2.75, 3.05) is 0 Å². The van der Waals surface area contributed by atoms with E-state index in [4.69, 9.17) is 4.42 Å². The van der Waals surface area contributed by atoms with Crippen LogP contribution in [0.25, 0.3) is 0 Å². The summed E-state index contributed by atoms with van der Waals surface area (Å²) in [6, 6.07) is 10.1. The summed E-state index contributed by atoms with van der Waals surface area (Å²) < 4.78 is 5.41. The summed E-state index contributed by atoms with van der Waals surface area (Å²) in [5, 5.41) is 7.88. The average molecular weight is 188 g/mol. The molecule has 0 N–H and O–H groups in total. The van der Waals surface area contributed by atoms with Gasteiger partial charge in [-0.2, -0.15) is 0 Å². The van der Waals surface area contributed by atoms with Crippen LogP contribution in [-0.4, -0.2) is 10.2 Å². The second kappa shape index (κ2) is 4.05. The molecule has 1 heterocycles. The van der Waals surface area contributed by atoms with Crippen LogP contribution in [0.15, 0.2) is 34.7 Å². The minimum atomic E-state index is 0.688. The van der Waals surface area contributed by atoms with Crippen LogP contribution >= 0.6 is 0 Å². The van der Waals surface area contributed by atoms with Crippen LogP contribution < -0.4 is 0 Å². The van der Waals surface area contributed by atoms with E-state index in [1.54, 1.807) is 0 Å². The van der Waals surface area contributed by atoms with Gasteiger partial charge in [-0.3, -0.25) is 0 Å². The highest BCUT2D eigenvalue weighted by Gasteiger charge is 2.04. The van der Waals surface area contributed by atoms with Gasteiger partial charge < -0.3 is 4.42 Å². The summed E-state index contributed by atoms with van der Waals surface area (Å²) in [7, 11) is 0. The van der Waals surface area contributed by atoms with Crippen LogP contribution in [0.4, 0.5) is 0 Å². The smallest absolute Gasteiger partial charge is 0.220 e. The molecule has 1 aromatic carbocycles. The highest BCUT2D eigenvalue weighted by atomic mass is 16.4. The lowest BCUT2D eigenvalue weighted by Gasteiger charge is -1.94. The van der Waals surface area contributed by atoms with Crippen molar-refractivity contribution in [3.05, 3.63) is 47.7 Å². The summed E-state index contributed by atoms with van der Waals surface area (Å²) in [4.78, 5) is 0. The molecule has 0 amide bonds. The van der Waals surface area contributed by atoms with Crippen molar-refractivity contribution in [3.8, 4) is 0 Å². The van der Waals surface area contributed by atoms with E-state index in [9.17, 15) is 0 Å². The molecule has 14 heavy (non-hydrogen) atoms. The monoisotopic (exact) mass is 188 g/mol. The van der Waals surface area contributed by atoms with Gasteiger partial charge in [0.15, 0.2) is 0 Å². The summed E-state index contributed by atoms with van der Waals surface area (Å²) in [6.07, 6.45) is 1.51. The van der Waals surface area contributed by atoms with Gasteiger partial charge in [0.2, 0.25) is 11.8 Å². The first kappa shape index (κ1) is 8.94. The van der Waals surface area contributed by atoms with E-state index in [0.29, 0.717) is 18.2 Å². The molecule has 0 aliphatic carbocycles. The molecule has 72 valence electrons. The summed E-state index contributed by atoms with van der Waals surface area (Å²) >= 11 is 0. The van der Waals surface area contributed by atoms with E-state index < -0.39 is 0 Å². The normalized spacial score (nSPS) is 10.4. The molecule has 2 rings (SSSR count). The van der Waals surface area contributed by atoms with Gasteiger partial charge in [-0.05, 0) is 5.56 Å². The quantitative estimate of drug-likeness (QED) is 0.741. The maximum atomic E-state index is 5.41. The number of rotatable bonds is 3. The molecule has 3 nitrogen and oxygen atoms in total. The van der Waals surface area contributed by atoms with Gasteiger partial charge in [-0.15, -0.1) is 10.2 Å². The minimum Gasteiger partial charge on any atom is -0.425 e. The highest BCUT2D eigenvalue weighted by molar-refractivity contribution is 5.17. The fraction of sp³-hybridized carbons (Fsp3) is 0.273. The van der Waals surface area contributed by atoms with Crippen LogP contribution in [0.2, 0.25) is 0 Å². The predicted molar refractivity (Wildman–Crippen MR) is 52.9 cm³/mol. The van der Waals surface area contributed by atoms with Crippen molar-refractivity contribution in [2.24, 2.45) is 0 Å². The molecule has 3 heteroatoms. The third-order valence-corrected chi connectivity index (χ3v) is 2.01. The van der Waals surface area contributed by atoms with Crippen molar-refractivity contribution in [3.63, 3.8) is 0 Å². The maximum absolute atomic E-state index is 5.41. The van der Waals surface area contributed by atoms with Gasteiger partial charge in [0.05, 0.1) is 6.42 Å². The molecule has 0 unspecified atom stereocenters. The second-order valence-corrected chi connectivity index (χ2v) is 3.11. The van der Waals surface area contributed by atoms with Gasteiger partial charge in [0.1, 0.15) is 0 Å². The largest absolute Gasteiger partial charge is 0.425 e. The third kappa shape index (κ3) is 1.99. The van der Waals surface area contributed by atoms with Crippen molar-refractivity contribution < 1.29 is 4.42 Å². The lowest BCUT2D eigenvalue weighted by Crippen LogP contribution is -1.87. The Balaban J connectivity index is 2.11.